The number of alkyl halides is 2. The number of halogens is 2. The first-order valence-corrected chi connectivity index (χ1v) is 4.42. The van der Waals surface area contributed by atoms with Crippen molar-refractivity contribution in [3.8, 4) is 0 Å². The molecule has 2 N–H and O–H groups in total. The minimum Gasteiger partial charge on any atom is -0.395 e. The first-order chi connectivity index (χ1) is 6.08. The first kappa shape index (κ1) is 10.8. The highest BCUT2D eigenvalue weighted by molar-refractivity contribution is 4.87. The number of aliphatic hydroxyl groups excluding tert-OH is 1. The predicted octanol–water partition coefficient (Wildman–Crippen LogP) is 0.0707. The van der Waals surface area contributed by atoms with Crippen LogP contribution in [0.1, 0.15) is 12.8 Å². The Kier molecular flexibility index (Phi) is 3.58. The molecule has 0 radical (unpaired) electrons. The maximum Gasteiger partial charge on any atom is 0.266 e. The standard InChI is InChI=1S/C8H15F2NO2/c9-7(10)8(13)1-3-11(4-2-8)5-6-12/h7,12-13H,1-6H2. The minimum absolute atomic E-state index is 0.0348. The number of likely N-dealkylation sites (tertiary alicyclic amines) is 1. The van der Waals surface area contributed by atoms with Gasteiger partial charge < -0.3 is 15.1 Å². The number of hydrogen-bond acceptors (Lipinski definition) is 3. The third-order valence-electron chi connectivity index (χ3n) is 2.54. The molecule has 0 amide bonds. The minimum atomic E-state index is -2.66. The SMILES string of the molecule is OCCN1CCC(O)(C(F)F)CC1. The molecule has 0 saturated carbocycles. The van der Waals surface area contributed by atoms with E-state index in [0.717, 1.165) is 0 Å². The van der Waals surface area contributed by atoms with Gasteiger partial charge in [-0.1, -0.05) is 0 Å². The quantitative estimate of drug-likeness (QED) is 0.669. The molecule has 0 bridgehead atoms. The molecule has 78 valence electrons. The van der Waals surface area contributed by atoms with E-state index in [4.69, 9.17) is 5.11 Å². The van der Waals surface area contributed by atoms with Gasteiger partial charge in [0.15, 0.2) is 0 Å². The fraction of sp³-hybridized carbons (Fsp3) is 1.00. The predicted molar refractivity (Wildman–Crippen MR) is 43.7 cm³/mol. The molecule has 0 atom stereocenters. The molecule has 3 nitrogen and oxygen atoms in total. The molecule has 1 rings (SSSR count). The van der Waals surface area contributed by atoms with Crippen molar-refractivity contribution < 1.29 is 19.0 Å². The van der Waals surface area contributed by atoms with Gasteiger partial charge in [-0.15, -0.1) is 0 Å². The van der Waals surface area contributed by atoms with Gasteiger partial charge in [-0.05, 0) is 12.8 Å². The van der Waals surface area contributed by atoms with Crippen LogP contribution in [-0.4, -0.2) is 53.4 Å². The van der Waals surface area contributed by atoms with Gasteiger partial charge in [0.05, 0.1) is 6.61 Å². The van der Waals surface area contributed by atoms with Gasteiger partial charge in [0.2, 0.25) is 0 Å². The third kappa shape index (κ3) is 2.59. The molecule has 1 aliphatic heterocycles. The van der Waals surface area contributed by atoms with Crippen molar-refractivity contribution in [3.63, 3.8) is 0 Å². The second kappa shape index (κ2) is 4.30. The van der Waals surface area contributed by atoms with Crippen LogP contribution in [-0.2, 0) is 0 Å². The maximum absolute atomic E-state index is 12.3. The molecule has 0 unspecified atom stereocenters. The lowest BCUT2D eigenvalue weighted by atomic mass is 9.92. The highest BCUT2D eigenvalue weighted by Gasteiger charge is 2.40. The average molecular weight is 195 g/mol. The maximum atomic E-state index is 12.3. The van der Waals surface area contributed by atoms with Crippen LogP contribution in [0, 0.1) is 0 Å². The molecule has 0 aliphatic carbocycles. The molecule has 1 heterocycles. The van der Waals surface area contributed by atoms with E-state index in [1.54, 1.807) is 0 Å². The molecular formula is C8H15F2NO2. The summed E-state index contributed by atoms with van der Waals surface area (Å²) in [4.78, 5) is 1.87. The van der Waals surface area contributed by atoms with Gasteiger partial charge in [-0.2, -0.15) is 0 Å². The molecule has 0 aromatic heterocycles. The summed E-state index contributed by atoms with van der Waals surface area (Å²) in [5.41, 5.74) is -1.80. The molecule has 13 heavy (non-hydrogen) atoms. The van der Waals surface area contributed by atoms with Gasteiger partial charge in [-0.3, -0.25) is 0 Å². The van der Waals surface area contributed by atoms with Crippen LogP contribution >= 0.6 is 0 Å². The summed E-state index contributed by atoms with van der Waals surface area (Å²) in [6.45, 7) is 1.40. The smallest absolute Gasteiger partial charge is 0.266 e. The molecule has 0 aromatic carbocycles. The molecule has 1 aliphatic rings. The summed E-state index contributed by atoms with van der Waals surface area (Å²) < 4.78 is 24.6. The van der Waals surface area contributed by atoms with E-state index in [1.807, 2.05) is 4.90 Å². The van der Waals surface area contributed by atoms with E-state index in [0.29, 0.717) is 19.6 Å². The molecule has 0 spiro atoms. The van der Waals surface area contributed by atoms with Gasteiger partial charge in [0.1, 0.15) is 5.60 Å². The largest absolute Gasteiger partial charge is 0.395 e. The van der Waals surface area contributed by atoms with Crippen molar-refractivity contribution in [1.29, 1.82) is 0 Å². The number of piperidine rings is 1. The molecule has 0 aromatic rings. The van der Waals surface area contributed by atoms with Crippen molar-refractivity contribution in [2.75, 3.05) is 26.2 Å². The Balaban J connectivity index is 2.37. The van der Waals surface area contributed by atoms with Crippen LogP contribution in [0.5, 0.6) is 0 Å². The highest BCUT2D eigenvalue weighted by atomic mass is 19.3. The lowest BCUT2D eigenvalue weighted by Crippen LogP contribution is -2.49. The Labute approximate surface area is 76.0 Å². The summed E-state index contributed by atoms with van der Waals surface area (Å²) in [5.74, 6) is 0. The van der Waals surface area contributed by atoms with Crippen LogP contribution < -0.4 is 0 Å². The number of β-amino-alcohol motifs (C(OH)–C–C–N with tert-alkyl or cyclic N) is 1. The van der Waals surface area contributed by atoms with Gasteiger partial charge in [-0.25, -0.2) is 8.78 Å². The topological polar surface area (TPSA) is 43.7 Å². The molecule has 5 heteroatoms. The molecular weight excluding hydrogens is 180 g/mol. The van der Waals surface area contributed by atoms with Crippen molar-refractivity contribution in [2.45, 2.75) is 24.9 Å². The van der Waals surface area contributed by atoms with Crippen molar-refractivity contribution >= 4 is 0 Å². The fourth-order valence-corrected chi connectivity index (χ4v) is 1.52. The van der Waals surface area contributed by atoms with Crippen molar-refractivity contribution in [2.24, 2.45) is 0 Å². The normalized spacial score (nSPS) is 23.8. The summed E-state index contributed by atoms with van der Waals surface area (Å²) in [7, 11) is 0. The van der Waals surface area contributed by atoms with Crippen LogP contribution in [0.2, 0.25) is 0 Å². The summed E-state index contributed by atoms with van der Waals surface area (Å²) in [6.07, 6.45) is -2.49. The number of rotatable bonds is 3. The van der Waals surface area contributed by atoms with E-state index in [9.17, 15) is 13.9 Å². The van der Waals surface area contributed by atoms with Crippen LogP contribution in [0.4, 0.5) is 8.78 Å². The second-order valence-corrected chi connectivity index (χ2v) is 3.47. The van der Waals surface area contributed by atoms with Gasteiger partial charge in [0, 0.05) is 19.6 Å². The Morgan fingerprint density at radius 3 is 2.23 bits per heavy atom. The zero-order valence-electron chi connectivity index (χ0n) is 7.42. The van der Waals surface area contributed by atoms with Crippen molar-refractivity contribution in [3.05, 3.63) is 0 Å². The summed E-state index contributed by atoms with van der Waals surface area (Å²) >= 11 is 0. The zero-order valence-corrected chi connectivity index (χ0v) is 7.42. The Hall–Kier alpha value is -0.260. The van der Waals surface area contributed by atoms with E-state index < -0.39 is 12.0 Å². The Bertz CT molecular complexity index is 158. The zero-order chi connectivity index (χ0) is 9.90. The summed E-state index contributed by atoms with van der Waals surface area (Å²) in [6, 6.07) is 0. The summed E-state index contributed by atoms with van der Waals surface area (Å²) in [5, 5.41) is 18.0. The van der Waals surface area contributed by atoms with E-state index in [1.165, 1.54) is 0 Å². The monoisotopic (exact) mass is 195 g/mol. The Morgan fingerprint density at radius 2 is 1.85 bits per heavy atom. The van der Waals surface area contributed by atoms with Crippen molar-refractivity contribution in [1.82, 2.24) is 4.90 Å². The van der Waals surface area contributed by atoms with Gasteiger partial charge in [0.25, 0.3) is 6.43 Å². The molecule has 1 saturated heterocycles. The third-order valence-corrected chi connectivity index (χ3v) is 2.54. The highest BCUT2D eigenvalue weighted by Crippen LogP contribution is 2.28. The van der Waals surface area contributed by atoms with E-state index in [-0.39, 0.29) is 19.4 Å². The van der Waals surface area contributed by atoms with E-state index in [2.05, 4.69) is 0 Å². The number of nitrogens with zero attached hydrogens (tertiary/aromatic N) is 1. The van der Waals surface area contributed by atoms with Crippen LogP contribution in [0.3, 0.4) is 0 Å². The Morgan fingerprint density at radius 1 is 1.31 bits per heavy atom. The lowest BCUT2D eigenvalue weighted by Gasteiger charge is -2.37. The molecule has 1 fully saturated rings. The van der Waals surface area contributed by atoms with Crippen LogP contribution in [0.15, 0.2) is 0 Å². The van der Waals surface area contributed by atoms with Crippen LogP contribution in [0.25, 0.3) is 0 Å². The lowest BCUT2D eigenvalue weighted by molar-refractivity contribution is -0.127. The average Bonchev–Trinajstić information content (AvgIpc) is 2.09. The van der Waals surface area contributed by atoms with E-state index >= 15 is 0 Å². The fourth-order valence-electron chi connectivity index (χ4n) is 1.52. The number of hydrogen-bond donors (Lipinski definition) is 2. The first-order valence-electron chi connectivity index (χ1n) is 4.42. The number of aliphatic hydroxyl groups is 2. The second-order valence-electron chi connectivity index (χ2n) is 3.47. The van der Waals surface area contributed by atoms with Gasteiger partial charge >= 0.3 is 0 Å².